The lowest BCUT2D eigenvalue weighted by molar-refractivity contribution is -0.113. The molecule has 3 heterocycles. The molecule has 1 aliphatic carbocycles. The van der Waals surface area contributed by atoms with E-state index in [2.05, 4.69) is 22.4 Å². The van der Waals surface area contributed by atoms with Gasteiger partial charge in [0.1, 0.15) is 5.00 Å². The minimum Gasteiger partial charge on any atom is -0.461 e. The number of nitrogens with zero attached hydrogens (tertiary/aromatic N) is 3. The van der Waals surface area contributed by atoms with E-state index in [1.165, 1.54) is 23.1 Å². The first kappa shape index (κ1) is 19.7. The highest BCUT2D eigenvalue weighted by Crippen LogP contribution is 2.39. The molecule has 152 valence electrons. The molecule has 0 aromatic carbocycles. The molecule has 29 heavy (non-hydrogen) atoms. The van der Waals surface area contributed by atoms with Crippen LogP contribution in [0.4, 0.5) is 5.00 Å². The van der Waals surface area contributed by atoms with Crippen LogP contribution in [0.2, 0.25) is 0 Å². The van der Waals surface area contributed by atoms with Crippen LogP contribution >= 0.6 is 23.1 Å². The van der Waals surface area contributed by atoms with Crippen molar-refractivity contribution in [3.63, 3.8) is 0 Å². The zero-order chi connectivity index (χ0) is 20.5. The molecular weight excluding hydrogens is 410 g/mol. The number of thiophene rings is 1. The molecule has 4 rings (SSSR count). The van der Waals surface area contributed by atoms with Crippen LogP contribution in [0, 0.1) is 5.92 Å². The van der Waals surface area contributed by atoms with Gasteiger partial charge in [-0.2, -0.15) is 0 Å². The topological polar surface area (TPSA) is 116 Å². The number of anilines is 1. The van der Waals surface area contributed by atoms with Gasteiger partial charge in [0.25, 0.3) is 5.91 Å². The van der Waals surface area contributed by atoms with Gasteiger partial charge in [-0.25, -0.2) is 0 Å². The van der Waals surface area contributed by atoms with E-state index in [1.807, 2.05) is 7.05 Å². The third kappa shape index (κ3) is 3.95. The smallest absolute Gasteiger partial charge is 0.251 e. The van der Waals surface area contributed by atoms with Gasteiger partial charge in [-0.3, -0.25) is 9.59 Å². The van der Waals surface area contributed by atoms with Gasteiger partial charge in [0.05, 0.1) is 17.6 Å². The number of hydrogen-bond acceptors (Lipinski definition) is 7. The molecule has 0 radical (unpaired) electrons. The average molecular weight is 432 g/mol. The minimum atomic E-state index is -0.489. The molecule has 0 fully saturated rings. The second kappa shape index (κ2) is 8.03. The number of rotatable bonds is 6. The fraction of sp³-hybridized carbons (Fsp3) is 0.368. The fourth-order valence-corrected chi connectivity index (χ4v) is 5.60. The molecule has 0 aliphatic heterocycles. The summed E-state index contributed by atoms with van der Waals surface area (Å²) in [4.78, 5) is 25.7. The van der Waals surface area contributed by atoms with Crippen LogP contribution < -0.4 is 11.1 Å². The largest absolute Gasteiger partial charge is 0.461 e. The van der Waals surface area contributed by atoms with E-state index in [0.29, 0.717) is 33.2 Å². The summed E-state index contributed by atoms with van der Waals surface area (Å²) in [5.41, 5.74) is 7.07. The van der Waals surface area contributed by atoms with Gasteiger partial charge in [-0.05, 0) is 42.9 Å². The van der Waals surface area contributed by atoms with E-state index in [9.17, 15) is 9.59 Å². The quantitative estimate of drug-likeness (QED) is 0.580. The molecule has 8 nitrogen and oxygen atoms in total. The van der Waals surface area contributed by atoms with E-state index in [1.54, 1.807) is 23.0 Å². The zero-order valence-corrected chi connectivity index (χ0v) is 17.7. The van der Waals surface area contributed by atoms with Crippen molar-refractivity contribution >= 4 is 39.9 Å². The Balaban J connectivity index is 1.45. The number of aromatic nitrogens is 3. The van der Waals surface area contributed by atoms with Crippen LogP contribution in [-0.2, 0) is 24.7 Å². The molecule has 3 aromatic heterocycles. The maximum absolute atomic E-state index is 12.5. The molecule has 0 saturated carbocycles. The van der Waals surface area contributed by atoms with E-state index < -0.39 is 5.91 Å². The van der Waals surface area contributed by atoms with E-state index in [-0.39, 0.29) is 11.7 Å². The summed E-state index contributed by atoms with van der Waals surface area (Å²) in [6.45, 7) is 2.19. The van der Waals surface area contributed by atoms with Crippen molar-refractivity contribution in [3.8, 4) is 11.6 Å². The lowest BCUT2D eigenvalue weighted by Crippen LogP contribution is -2.20. The monoisotopic (exact) mass is 431 g/mol. The highest BCUT2D eigenvalue weighted by Gasteiger charge is 2.27. The lowest BCUT2D eigenvalue weighted by Gasteiger charge is -2.18. The number of nitrogens with one attached hydrogen (secondary N) is 1. The fourth-order valence-electron chi connectivity index (χ4n) is 3.45. The van der Waals surface area contributed by atoms with E-state index >= 15 is 0 Å². The Morgan fingerprint density at radius 1 is 1.45 bits per heavy atom. The number of carbonyl (C=O) groups excluding carboxylic acids is 2. The number of amides is 2. The second-order valence-corrected chi connectivity index (χ2v) is 9.15. The third-order valence-electron chi connectivity index (χ3n) is 4.92. The Morgan fingerprint density at radius 2 is 2.28 bits per heavy atom. The van der Waals surface area contributed by atoms with Crippen molar-refractivity contribution in [2.75, 3.05) is 11.1 Å². The third-order valence-corrected chi connectivity index (χ3v) is 7.11. The summed E-state index contributed by atoms with van der Waals surface area (Å²) in [6, 6.07) is 3.58. The van der Waals surface area contributed by atoms with Crippen molar-refractivity contribution in [2.24, 2.45) is 18.7 Å². The number of hydrogen-bond donors (Lipinski definition) is 2. The molecule has 0 saturated heterocycles. The predicted molar refractivity (Wildman–Crippen MR) is 112 cm³/mol. The molecule has 3 aromatic rings. The van der Waals surface area contributed by atoms with Gasteiger partial charge >= 0.3 is 0 Å². The van der Waals surface area contributed by atoms with Crippen molar-refractivity contribution in [2.45, 2.75) is 31.3 Å². The average Bonchev–Trinajstić information content (AvgIpc) is 3.38. The number of primary amides is 1. The molecule has 1 aliphatic rings. The van der Waals surface area contributed by atoms with Gasteiger partial charge in [0, 0.05) is 11.9 Å². The SMILES string of the molecule is CC1CCc2c(sc(NC(=O)CSc3nnc(-c4ccco4)n3C)c2C(N)=O)C1. The zero-order valence-electron chi connectivity index (χ0n) is 16.1. The summed E-state index contributed by atoms with van der Waals surface area (Å²) in [5, 5.41) is 12.3. The number of nitrogens with two attached hydrogens (primary N) is 1. The van der Waals surface area contributed by atoms with Crippen LogP contribution in [0.3, 0.4) is 0 Å². The van der Waals surface area contributed by atoms with Gasteiger partial charge in [0.15, 0.2) is 16.7 Å². The van der Waals surface area contributed by atoms with Crippen molar-refractivity contribution < 1.29 is 14.0 Å². The molecule has 10 heteroatoms. The van der Waals surface area contributed by atoms with Crippen LogP contribution in [0.5, 0.6) is 0 Å². The summed E-state index contributed by atoms with van der Waals surface area (Å²) >= 11 is 2.73. The number of thioether (sulfide) groups is 1. The predicted octanol–water partition coefficient (Wildman–Crippen LogP) is 3.09. The van der Waals surface area contributed by atoms with Gasteiger partial charge in [-0.1, -0.05) is 18.7 Å². The summed E-state index contributed by atoms with van der Waals surface area (Å²) in [6.07, 6.45) is 4.34. The molecule has 0 bridgehead atoms. The van der Waals surface area contributed by atoms with Crippen LogP contribution in [0.1, 0.15) is 34.1 Å². The first-order valence-corrected chi connectivity index (χ1v) is 11.0. The summed E-state index contributed by atoms with van der Waals surface area (Å²) in [5.74, 6) is 1.21. The normalized spacial score (nSPS) is 15.9. The second-order valence-electron chi connectivity index (χ2n) is 7.10. The van der Waals surface area contributed by atoms with Crippen LogP contribution in [0.15, 0.2) is 28.0 Å². The maximum Gasteiger partial charge on any atom is 0.251 e. The number of fused-ring (bicyclic) bond motifs is 1. The van der Waals surface area contributed by atoms with Crippen molar-refractivity contribution in [3.05, 3.63) is 34.4 Å². The molecule has 1 atom stereocenters. The first-order valence-electron chi connectivity index (χ1n) is 9.24. The highest BCUT2D eigenvalue weighted by molar-refractivity contribution is 7.99. The molecule has 1 unspecified atom stereocenters. The van der Waals surface area contributed by atoms with Crippen molar-refractivity contribution in [1.82, 2.24) is 14.8 Å². The Kier molecular flexibility index (Phi) is 5.46. The molecule has 2 amide bonds. The first-order chi connectivity index (χ1) is 13.9. The van der Waals surface area contributed by atoms with Crippen LogP contribution in [-0.4, -0.2) is 32.3 Å². The highest BCUT2D eigenvalue weighted by atomic mass is 32.2. The number of carbonyl (C=O) groups is 2. The van der Waals surface area contributed by atoms with E-state index in [0.717, 1.165) is 29.7 Å². The molecule has 0 spiro atoms. The van der Waals surface area contributed by atoms with Gasteiger partial charge in [-0.15, -0.1) is 21.5 Å². The maximum atomic E-state index is 12.5. The molecular formula is C19H21N5O3S2. The van der Waals surface area contributed by atoms with Gasteiger partial charge < -0.3 is 20.0 Å². The Hall–Kier alpha value is -2.59. The number of furan rings is 1. The van der Waals surface area contributed by atoms with Crippen LogP contribution in [0.25, 0.3) is 11.6 Å². The van der Waals surface area contributed by atoms with Gasteiger partial charge in [0.2, 0.25) is 5.91 Å². The standard InChI is InChI=1S/C19H21N5O3S2/c1-10-5-6-11-13(8-10)29-18(15(11)16(20)26)21-14(25)9-28-19-23-22-17(24(19)2)12-4-3-7-27-12/h3-4,7,10H,5-6,8-9H2,1-2H3,(H2,20,26)(H,21,25). The lowest BCUT2D eigenvalue weighted by atomic mass is 9.88. The Bertz CT molecular complexity index is 1050. The Morgan fingerprint density at radius 3 is 3.00 bits per heavy atom. The Labute approximate surface area is 175 Å². The molecule has 3 N–H and O–H groups in total. The van der Waals surface area contributed by atoms with E-state index in [4.69, 9.17) is 10.2 Å². The minimum absolute atomic E-state index is 0.140. The summed E-state index contributed by atoms with van der Waals surface area (Å²) < 4.78 is 7.12. The van der Waals surface area contributed by atoms with Crippen molar-refractivity contribution in [1.29, 1.82) is 0 Å². The summed E-state index contributed by atoms with van der Waals surface area (Å²) in [7, 11) is 1.82.